The zero-order valence-corrected chi connectivity index (χ0v) is 9.94. The van der Waals surface area contributed by atoms with Crippen LogP contribution in [0.15, 0.2) is 0 Å². The summed E-state index contributed by atoms with van der Waals surface area (Å²) in [6, 6.07) is 0.560. The van der Waals surface area contributed by atoms with Crippen molar-refractivity contribution in [3.05, 3.63) is 0 Å². The van der Waals surface area contributed by atoms with Crippen LogP contribution in [0.25, 0.3) is 0 Å². The molecule has 1 saturated carbocycles. The number of hydrogen-bond donors (Lipinski definition) is 1. The standard InChI is InChI=1S/C12H25NO/c1-11(2)13-10-12(14-3)8-6-4-5-7-9-12/h11,13H,4-10H2,1-3H3. The van der Waals surface area contributed by atoms with Crippen molar-refractivity contribution in [2.24, 2.45) is 0 Å². The van der Waals surface area contributed by atoms with Gasteiger partial charge in [-0.05, 0) is 12.8 Å². The number of rotatable bonds is 4. The van der Waals surface area contributed by atoms with Gasteiger partial charge in [0.05, 0.1) is 5.60 Å². The molecule has 0 heterocycles. The predicted octanol–water partition coefficient (Wildman–Crippen LogP) is 2.72. The Balaban J connectivity index is 2.45. The summed E-state index contributed by atoms with van der Waals surface area (Å²) in [6.07, 6.45) is 7.87. The molecule has 0 unspecified atom stereocenters. The van der Waals surface area contributed by atoms with Crippen LogP contribution in [0, 0.1) is 0 Å². The van der Waals surface area contributed by atoms with Crippen molar-refractivity contribution in [2.45, 2.75) is 64.0 Å². The van der Waals surface area contributed by atoms with Crippen LogP contribution in [-0.4, -0.2) is 25.3 Å². The van der Waals surface area contributed by atoms with Gasteiger partial charge in [-0.25, -0.2) is 0 Å². The molecule has 0 aromatic carbocycles. The van der Waals surface area contributed by atoms with Gasteiger partial charge in [0.15, 0.2) is 0 Å². The lowest BCUT2D eigenvalue weighted by molar-refractivity contribution is -0.0227. The van der Waals surface area contributed by atoms with E-state index in [4.69, 9.17) is 4.74 Å². The van der Waals surface area contributed by atoms with Crippen molar-refractivity contribution in [3.8, 4) is 0 Å². The van der Waals surface area contributed by atoms with E-state index in [1.54, 1.807) is 0 Å². The molecule has 1 N–H and O–H groups in total. The fourth-order valence-corrected chi connectivity index (χ4v) is 2.22. The highest BCUT2D eigenvalue weighted by atomic mass is 16.5. The molecule has 2 heteroatoms. The molecule has 84 valence electrons. The maximum Gasteiger partial charge on any atom is 0.0802 e. The lowest BCUT2D eigenvalue weighted by Crippen LogP contribution is -2.44. The molecular formula is C12H25NO. The number of hydrogen-bond acceptors (Lipinski definition) is 2. The maximum absolute atomic E-state index is 5.75. The molecule has 0 atom stereocenters. The molecule has 0 amide bonds. The predicted molar refractivity (Wildman–Crippen MR) is 60.6 cm³/mol. The van der Waals surface area contributed by atoms with Crippen LogP contribution in [-0.2, 0) is 4.74 Å². The van der Waals surface area contributed by atoms with Crippen molar-refractivity contribution >= 4 is 0 Å². The smallest absolute Gasteiger partial charge is 0.0802 e. The fraction of sp³-hybridized carbons (Fsp3) is 1.00. The minimum absolute atomic E-state index is 0.126. The molecule has 0 radical (unpaired) electrons. The lowest BCUT2D eigenvalue weighted by atomic mass is 9.94. The van der Waals surface area contributed by atoms with E-state index in [0.717, 1.165) is 6.54 Å². The van der Waals surface area contributed by atoms with E-state index in [0.29, 0.717) is 6.04 Å². The zero-order chi connectivity index (χ0) is 10.4. The molecule has 2 nitrogen and oxygen atoms in total. The zero-order valence-electron chi connectivity index (χ0n) is 9.94. The third kappa shape index (κ3) is 3.58. The van der Waals surface area contributed by atoms with Crippen LogP contribution < -0.4 is 5.32 Å². The minimum Gasteiger partial charge on any atom is -0.377 e. The number of ether oxygens (including phenoxy) is 1. The highest BCUT2D eigenvalue weighted by molar-refractivity contribution is 4.85. The Morgan fingerprint density at radius 2 is 1.71 bits per heavy atom. The topological polar surface area (TPSA) is 21.3 Å². The molecule has 1 fully saturated rings. The Labute approximate surface area is 88.4 Å². The Bertz CT molecular complexity index is 148. The minimum atomic E-state index is 0.126. The van der Waals surface area contributed by atoms with Crippen molar-refractivity contribution in [1.82, 2.24) is 5.32 Å². The fourth-order valence-electron chi connectivity index (χ4n) is 2.22. The maximum atomic E-state index is 5.75. The average Bonchev–Trinajstić information content (AvgIpc) is 2.41. The summed E-state index contributed by atoms with van der Waals surface area (Å²) in [5, 5.41) is 3.51. The van der Waals surface area contributed by atoms with Crippen molar-refractivity contribution in [1.29, 1.82) is 0 Å². The third-order valence-electron chi connectivity index (χ3n) is 3.28. The Kier molecular flexibility index (Phi) is 4.90. The monoisotopic (exact) mass is 199 g/mol. The quantitative estimate of drug-likeness (QED) is 0.703. The molecule has 0 aromatic rings. The Morgan fingerprint density at radius 3 is 2.14 bits per heavy atom. The van der Waals surface area contributed by atoms with Crippen molar-refractivity contribution in [2.75, 3.05) is 13.7 Å². The van der Waals surface area contributed by atoms with E-state index < -0.39 is 0 Å². The molecule has 0 aromatic heterocycles. The van der Waals surface area contributed by atoms with Crippen molar-refractivity contribution < 1.29 is 4.74 Å². The van der Waals surface area contributed by atoms with Crippen LogP contribution in [0.1, 0.15) is 52.4 Å². The molecule has 0 spiro atoms. The highest BCUT2D eigenvalue weighted by Crippen LogP contribution is 2.29. The van der Waals surface area contributed by atoms with Crippen LogP contribution >= 0.6 is 0 Å². The summed E-state index contributed by atoms with van der Waals surface area (Å²) in [6.45, 7) is 5.40. The van der Waals surface area contributed by atoms with E-state index in [-0.39, 0.29) is 5.60 Å². The Morgan fingerprint density at radius 1 is 1.14 bits per heavy atom. The van der Waals surface area contributed by atoms with Gasteiger partial charge in [0, 0.05) is 19.7 Å². The summed E-state index contributed by atoms with van der Waals surface area (Å²) >= 11 is 0. The lowest BCUT2D eigenvalue weighted by Gasteiger charge is -2.32. The van der Waals surface area contributed by atoms with Crippen LogP contribution in [0.4, 0.5) is 0 Å². The molecule has 0 bridgehead atoms. The van der Waals surface area contributed by atoms with E-state index in [1.165, 1.54) is 38.5 Å². The third-order valence-corrected chi connectivity index (χ3v) is 3.28. The first-order valence-corrected chi connectivity index (χ1v) is 5.97. The van der Waals surface area contributed by atoms with Crippen LogP contribution in [0.2, 0.25) is 0 Å². The normalized spacial score (nSPS) is 22.3. The summed E-state index contributed by atoms with van der Waals surface area (Å²) in [7, 11) is 1.87. The van der Waals surface area contributed by atoms with Crippen LogP contribution in [0.5, 0.6) is 0 Å². The van der Waals surface area contributed by atoms with Gasteiger partial charge < -0.3 is 10.1 Å². The first kappa shape index (κ1) is 12.0. The van der Waals surface area contributed by atoms with Gasteiger partial charge >= 0.3 is 0 Å². The van der Waals surface area contributed by atoms with Gasteiger partial charge in [0.25, 0.3) is 0 Å². The number of methoxy groups -OCH3 is 1. The molecule has 1 aliphatic carbocycles. The molecule has 14 heavy (non-hydrogen) atoms. The van der Waals surface area contributed by atoms with Crippen molar-refractivity contribution in [3.63, 3.8) is 0 Å². The molecule has 1 rings (SSSR count). The average molecular weight is 199 g/mol. The van der Waals surface area contributed by atoms with Crippen LogP contribution in [0.3, 0.4) is 0 Å². The second kappa shape index (κ2) is 5.72. The first-order chi connectivity index (χ1) is 6.68. The molecular weight excluding hydrogens is 174 g/mol. The number of nitrogens with one attached hydrogen (secondary N) is 1. The molecule has 0 aliphatic heterocycles. The van der Waals surface area contributed by atoms with Gasteiger partial charge in [0.1, 0.15) is 0 Å². The first-order valence-electron chi connectivity index (χ1n) is 5.97. The Hall–Kier alpha value is -0.0800. The van der Waals surface area contributed by atoms with E-state index in [1.807, 2.05) is 7.11 Å². The SMILES string of the molecule is COC1(CNC(C)C)CCCCCC1. The van der Waals surface area contributed by atoms with Gasteiger partial charge in [-0.1, -0.05) is 39.5 Å². The second-order valence-electron chi connectivity index (χ2n) is 4.84. The molecule has 1 aliphatic rings. The van der Waals surface area contributed by atoms with E-state index in [2.05, 4.69) is 19.2 Å². The van der Waals surface area contributed by atoms with Gasteiger partial charge in [-0.15, -0.1) is 0 Å². The van der Waals surface area contributed by atoms with E-state index in [9.17, 15) is 0 Å². The summed E-state index contributed by atoms with van der Waals surface area (Å²) in [5.41, 5.74) is 0.126. The van der Waals surface area contributed by atoms with Gasteiger partial charge in [0.2, 0.25) is 0 Å². The highest BCUT2D eigenvalue weighted by Gasteiger charge is 2.30. The largest absolute Gasteiger partial charge is 0.377 e. The molecule has 0 saturated heterocycles. The van der Waals surface area contributed by atoms with E-state index >= 15 is 0 Å². The van der Waals surface area contributed by atoms with Gasteiger partial charge in [-0.2, -0.15) is 0 Å². The second-order valence-corrected chi connectivity index (χ2v) is 4.84. The summed E-state index contributed by atoms with van der Waals surface area (Å²) in [4.78, 5) is 0. The summed E-state index contributed by atoms with van der Waals surface area (Å²) < 4.78 is 5.75. The van der Waals surface area contributed by atoms with Gasteiger partial charge in [-0.3, -0.25) is 0 Å². The summed E-state index contributed by atoms with van der Waals surface area (Å²) in [5.74, 6) is 0.